The van der Waals surface area contributed by atoms with E-state index in [-0.39, 0.29) is 32.2 Å². The van der Waals surface area contributed by atoms with Gasteiger partial charge in [0.05, 0.1) is 6.10 Å². The van der Waals surface area contributed by atoms with E-state index in [9.17, 15) is 33.9 Å². The highest BCUT2D eigenvalue weighted by Gasteiger charge is 2.39. The van der Waals surface area contributed by atoms with Crippen molar-refractivity contribution in [3.8, 4) is 0 Å². The van der Waals surface area contributed by atoms with Crippen molar-refractivity contribution in [3.63, 3.8) is 0 Å². The number of aliphatic hydroxyl groups is 1. The van der Waals surface area contributed by atoms with E-state index in [4.69, 9.17) is 10.8 Å². The highest BCUT2D eigenvalue weighted by atomic mass is 16.4. The first-order valence-corrected chi connectivity index (χ1v) is 12.3. The molecule has 1 aromatic carbocycles. The van der Waals surface area contributed by atoms with Crippen LogP contribution in [-0.4, -0.2) is 87.4 Å². The molecule has 5 amide bonds. The minimum Gasteiger partial charge on any atom is -0.481 e. The zero-order valence-corrected chi connectivity index (χ0v) is 21.4. The van der Waals surface area contributed by atoms with Gasteiger partial charge in [0.15, 0.2) is 0 Å². The third kappa shape index (κ3) is 8.83. The molecule has 0 aromatic heterocycles. The van der Waals surface area contributed by atoms with Crippen LogP contribution in [-0.2, 0) is 35.2 Å². The Balaban J connectivity index is 2.12. The summed E-state index contributed by atoms with van der Waals surface area (Å²) < 4.78 is 0. The van der Waals surface area contributed by atoms with E-state index in [1.807, 2.05) is 0 Å². The zero-order valence-electron chi connectivity index (χ0n) is 21.4. The van der Waals surface area contributed by atoms with E-state index < -0.39 is 65.8 Å². The number of carbonyl (C=O) groups excluding carboxylic acids is 5. The number of amides is 5. The fraction of sp³-hybridized carbons (Fsp3) is 0.520. The maximum absolute atomic E-state index is 13.1. The summed E-state index contributed by atoms with van der Waals surface area (Å²) >= 11 is 0. The Bertz CT molecular complexity index is 1030. The van der Waals surface area contributed by atoms with Crippen LogP contribution in [0.15, 0.2) is 30.3 Å². The van der Waals surface area contributed by atoms with E-state index in [0.717, 1.165) is 5.56 Å². The van der Waals surface area contributed by atoms with Gasteiger partial charge in [0, 0.05) is 26.3 Å². The standard InChI is InChI=1S/C25H35N5O8/c1-14(31)21(24(37)28-18(22(26)35)13-16-7-4-3-5-8-16)29-23(36)19-9-6-12-30(19)25(38)17(27-15(2)32)10-11-20(33)34/h3-5,7-8,14,17-19,21,31H,6,9-13H2,1-2H3,(H2,26,35)(H,27,32)(H,28,37)(H,29,36)(H,33,34)/t14-,17+,18+,19+,21+/m1/s1. The van der Waals surface area contributed by atoms with E-state index in [1.165, 1.54) is 18.7 Å². The molecule has 1 heterocycles. The molecule has 1 aliphatic heterocycles. The second-order valence-corrected chi connectivity index (χ2v) is 9.26. The summed E-state index contributed by atoms with van der Waals surface area (Å²) in [4.78, 5) is 74.9. The van der Waals surface area contributed by atoms with Crippen LogP contribution in [0.3, 0.4) is 0 Å². The molecule has 0 spiro atoms. The van der Waals surface area contributed by atoms with Crippen LogP contribution in [0.1, 0.15) is 45.1 Å². The number of benzene rings is 1. The third-order valence-electron chi connectivity index (χ3n) is 6.17. The van der Waals surface area contributed by atoms with Gasteiger partial charge < -0.3 is 36.8 Å². The Kier molecular flexibility index (Phi) is 11.2. The number of carboxylic acid groups (broad SMARTS) is 1. The van der Waals surface area contributed by atoms with Gasteiger partial charge in [0.2, 0.25) is 29.5 Å². The Morgan fingerprint density at radius 3 is 2.26 bits per heavy atom. The predicted octanol–water partition coefficient (Wildman–Crippen LogP) is -1.57. The van der Waals surface area contributed by atoms with Gasteiger partial charge in [-0.15, -0.1) is 0 Å². The van der Waals surface area contributed by atoms with E-state index in [0.29, 0.717) is 6.42 Å². The molecule has 0 unspecified atom stereocenters. The van der Waals surface area contributed by atoms with Gasteiger partial charge in [-0.1, -0.05) is 30.3 Å². The molecule has 0 aliphatic carbocycles. The Hall–Kier alpha value is -4.00. The Labute approximate surface area is 220 Å². The molecule has 7 N–H and O–H groups in total. The molecule has 1 saturated heterocycles. The van der Waals surface area contributed by atoms with Crippen LogP contribution in [0.25, 0.3) is 0 Å². The topological polar surface area (TPSA) is 208 Å². The summed E-state index contributed by atoms with van der Waals surface area (Å²) in [6, 6.07) is 4.15. The second kappa shape index (κ2) is 14.1. The fourth-order valence-electron chi connectivity index (χ4n) is 4.26. The highest BCUT2D eigenvalue weighted by molar-refractivity contribution is 5.96. The maximum atomic E-state index is 13.1. The summed E-state index contributed by atoms with van der Waals surface area (Å²) in [6.45, 7) is 2.67. The summed E-state index contributed by atoms with van der Waals surface area (Å²) in [7, 11) is 0. The van der Waals surface area contributed by atoms with Crippen molar-refractivity contribution in [1.82, 2.24) is 20.9 Å². The molecular formula is C25H35N5O8. The van der Waals surface area contributed by atoms with Crippen molar-refractivity contribution < 1.29 is 39.0 Å². The van der Waals surface area contributed by atoms with Crippen molar-refractivity contribution in [1.29, 1.82) is 0 Å². The Morgan fingerprint density at radius 1 is 1.05 bits per heavy atom. The molecule has 38 heavy (non-hydrogen) atoms. The van der Waals surface area contributed by atoms with Crippen LogP contribution in [0.4, 0.5) is 0 Å². The minimum absolute atomic E-state index is 0.105. The Morgan fingerprint density at radius 2 is 1.71 bits per heavy atom. The smallest absolute Gasteiger partial charge is 0.303 e. The molecule has 1 aliphatic rings. The summed E-state index contributed by atoms with van der Waals surface area (Å²) in [5, 5.41) is 26.6. The van der Waals surface area contributed by atoms with Crippen LogP contribution in [0, 0.1) is 0 Å². The van der Waals surface area contributed by atoms with Crippen LogP contribution < -0.4 is 21.7 Å². The normalized spacial score (nSPS) is 18.0. The van der Waals surface area contributed by atoms with Gasteiger partial charge in [-0.3, -0.25) is 28.8 Å². The molecule has 0 saturated carbocycles. The number of hydrogen-bond donors (Lipinski definition) is 6. The van der Waals surface area contributed by atoms with Gasteiger partial charge >= 0.3 is 5.97 Å². The molecule has 2 rings (SSSR count). The first kappa shape index (κ1) is 30.2. The lowest BCUT2D eigenvalue weighted by Gasteiger charge is -2.30. The van der Waals surface area contributed by atoms with Crippen molar-refractivity contribution in [3.05, 3.63) is 35.9 Å². The van der Waals surface area contributed by atoms with Gasteiger partial charge in [-0.25, -0.2) is 0 Å². The molecular weight excluding hydrogens is 498 g/mol. The lowest BCUT2D eigenvalue weighted by Crippen LogP contribution is -2.60. The van der Waals surface area contributed by atoms with Gasteiger partial charge in [0.1, 0.15) is 24.2 Å². The summed E-state index contributed by atoms with van der Waals surface area (Å²) in [6.07, 6.45) is -1.05. The molecule has 0 bridgehead atoms. The molecule has 5 atom stereocenters. The van der Waals surface area contributed by atoms with Crippen molar-refractivity contribution in [2.45, 2.75) is 76.2 Å². The average molecular weight is 534 g/mol. The third-order valence-corrected chi connectivity index (χ3v) is 6.17. The number of rotatable bonds is 13. The number of nitrogens with one attached hydrogen (secondary N) is 3. The average Bonchev–Trinajstić information content (AvgIpc) is 3.34. The molecule has 1 fully saturated rings. The minimum atomic E-state index is -1.45. The maximum Gasteiger partial charge on any atom is 0.303 e. The van der Waals surface area contributed by atoms with Gasteiger partial charge in [-0.2, -0.15) is 0 Å². The van der Waals surface area contributed by atoms with Gasteiger partial charge in [0.25, 0.3) is 0 Å². The largest absolute Gasteiger partial charge is 0.481 e. The molecule has 13 heteroatoms. The molecule has 1 aromatic rings. The van der Waals surface area contributed by atoms with Crippen molar-refractivity contribution in [2.75, 3.05) is 6.54 Å². The predicted molar refractivity (Wildman–Crippen MR) is 134 cm³/mol. The molecule has 208 valence electrons. The van der Waals surface area contributed by atoms with E-state index >= 15 is 0 Å². The van der Waals surface area contributed by atoms with Crippen LogP contribution in [0.5, 0.6) is 0 Å². The van der Waals surface area contributed by atoms with Crippen LogP contribution in [0.2, 0.25) is 0 Å². The number of primary amides is 1. The number of carboxylic acids is 1. The quantitative estimate of drug-likeness (QED) is 0.174. The zero-order chi connectivity index (χ0) is 28.4. The lowest BCUT2D eigenvalue weighted by atomic mass is 10.0. The summed E-state index contributed by atoms with van der Waals surface area (Å²) in [5.74, 6) is -4.63. The number of aliphatic hydroxyl groups excluding tert-OH is 1. The number of nitrogens with two attached hydrogens (primary N) is 1. The number of hydrogen-bond acceptors (Lipinski definition) is 7. The number of carbonyl (C=O) groups is 6. The summed E-state index contributed by atoms with van der Waals surface area (Å²) in [5.41, 5.74) is 6.19. The van der Waals surface area contributed by atoms with Gasteiger partial charge in [-0.05, 0) is 31.7 Å². The highest BCUT2D eigenvalue weighted by Crippen LogP contribution is 2.20. The van der Waals surface area contributed by atoms with Crippen molar-refractivity contribution in [2.24, 2.45) is 5.73 Å². The second-order valence-electron chi connectivity index (χ2n) is 9.26. The molecule has 13 nitrogen and oxygen atoms in total. The fourth-order valence-corrected chi connectivity index (χ4v) is 4.26. The first-order valence-electron chi connectivity index (χ1n) is 12.3. The number of aliphatic carboxylic acids is 1. The first-order chi connectivity index (χ1) is 17.9. The monoisotopic (exact) mass is 533 g/mol. The van der Waals surface area contributed by atoms with E-state index in [1.54, 1.807) is 30.3 Å². The number of likely N-dealkylation sites (tertiary alicyclic amines) is 1. The molecule has 0 radical (unpaired) electrons. The van der Waals surface area contributed by atoms with Crippen LogP contribution >= 0.6 is 0 Å². The SMILES string of the molecule is CC(=O)N[C@@H](CCC(=O)O)C(=O)N1CCC[C@H]1C(=O)N[C@H](C(=O)N[C@@H](Cc1ccccc1)C(N)=O)[C@@H](C)O. The van der Waals surface area contributed by atoms with E-state index in [2.05, 4.69) is 16.0 Å². The van der Waals surface area contributed by atoms with Crippen molar-refractivity contribution >= 4 is 35.5 Å². The number of nitrogens with zero attached hydrogens (tertiary/aromatic N) is 1. The lowest BCUT2D eigenvalue weighted by molar-refractivity contribution is -0.143.